The van der Waals surface area contributed by atoms with Gasteiger partial charge in [-0.1, -0.05) is 34.4 Å². The summed E-state index contributed by atoms with van der Waals surface area (Å²) in [5.41, 5.74) is 2.68. The molecule has 0 aliphatic heterocycles. The minimum Gasteiger partial charge on any atom is -0.489 e. The van der Waals surface area contributed by atoms with Crippen LogP contribution in [0.2, 0.25) is 10.0 Å². The molecule has 2 aromatic carbocycles. The summed E-state index contributed by atoms with van der Waals surface area (Å²) in [4.78, 5) is 15.2. The second-order valence-corrected chi connectivity index (χ2v) is 6.63. The van der Waals surface area contributed by atoms with E-state index in [1.54, 1.807) is 12.1 Å². The fourth-order valence-corrected chi connectivity index (χ4v) is 2.90. The van der Waals surface area contributed by atoms with E-state index < -0.39 is 12.6 Å². The average molecular weight is 407 g/mol. The van der Waals surface area contributed by atoms with Crippen molar-refractivity contribution in [3.05, 3.63) is 63.8 Å². The van der Waals surface area contributed by atoms with Crippen LogP contribution >= 0.6 is 23.2 Å². The van der Waals surface area contributed by atoms with Crippen molar-refractivity contribution in [3.8, 4) is 5.75 Å². The molecule has 1 aromatic heterocycles. The predicted octanol–water partition coefficient (Wildman–Crippen LogP) is 4.50. The summed E-state index contributed by atoms with van der Waals surface area (Å²) < 4.78 is 7.79. The van der Waals surface area contributed by atoms with Gasteiger partial charge in [0.15, 0.2) is 0 Å². The lowest BCUT2D eigenvalue weighted by molar-refractivity contribution is -0.142. The Hall–Kier alpha value is -2.70. The van der Waals surface area contributed by atoms with Gasteiger partial charge >= 0.3 is 5.97 Å². The second-order valence-electron chi connectivity index (χ2n) is 5.81. The van der Waals surface area contributed by atoms with Gasteiger partial charge in [0.2, 0.25) is 6.61 Å². The molecule has 0 aliphatic rings. The largest absolute Gasteiger partial charge is 0.489 e. The van der Waals surface area contributed by atoms with Crippen LogP contribution < -0.4 is 4.74 Å². The molecule has 1 heterocycles. The normalized spacial score (nSPS) is 11.2. The highest BCUT2D eigenvalue weighted by molar-refractivity contribution is 6.42. The number of hydrogen-bond donors (Lipinski definition) is 1. The van der Waals surface area contributed by atoms with Crippen LogP contribution in [-0.4, -0.2) is 28.5 Å². The highest BCUT2D eigenvalue weighted by Crippen LogP contribution is 2.26. The van der Waals surface area contributed by atoms with Crippen LogP contribution in [0.15, 0.2) is 47.8 Å². The number of aliphatic carboxylic acids is 1. The van der Waals surface area contributed by atoms with Gasteiger partial charge in [0.1, 0.15) is 12.4 Å². The van der Waals surface area contributed by atoms with Gasteiger partial charge in [0.05, 0.1) is 16.3 Å². The number of halogens is 2. The van der Waals surface area contributed by atoms with Gasteiger partial charge in [0.25, 0.3) is 0 Å². The van der Waals surface area contributed by atoms with E-state index >= 15 is 0 Å². The zero-order valence-electron chi connectivity index (χ0n) is 14.4. The number of rotatable bonds is 7. The molecule has 140 valence electrons. The van der Waals surface area contributed by atoms with Crippen molar-refractivity contribution in [1.82, 2.24) is 4.57 Å². The smallest absolute Gasteiger partial charge is 0.344 e. The predicted molar refractivity (Wildman–Crippen MR) is 105 cm³/mol. The van der Waals surface area contributed by atoms with E-state index in [1.165, 1.54) is 6.21 Å². The first-order valence-electron chi connectivity index (χ1n) is 7.97. The molecular formula is C19H16Cl2N2O4. The fraction of sp³-hybridized carbons (Fsp3) is 0.158. The molecule has 8 heteroatoms. The second kappa shape index (κ2) is 8.33. The van der Waals surface area contributed by atoms with Gasteiger partial charge in [-0.15, -0.1) is 0 Å². The van der Waals surface area contributed by atoms with Crippen LogP contribution in [0.5, 0.6) is 5.75 Å². The highest BCUT2D eigenvalue weighted by atomic mass is 35.5. The van der Waals surface area contributed by atoms with Gasteiger partial charge in [-0.2, -0.15) is 0 Å². The average Bonchev–Trinajstić information content (AvgIpc) is 2.95. The fourth-order valence-electron chi connectivity index (χ4n) is 2.58. The van der Waals surface area contributed by atoms with E-state index in [4.69, 9.17) is 37.9 Å². The molecule has 0 saturated carbocycles. The monoisotopic (exact) mass is 406 g/mol. The third-order valence-corrected chi connectivity index (χ3v) is 4.57. The molecule has 0 amide bonds. The third-order valence-electron chi connectivity index (χ3n) is 3.84. The Kier molecular flexibility index (Phi) is 5.88. The van der Waals surface area contributed by atoms with Crippen LogP contribution in [0.4, 0.5) is 0 Å². The molecule has 0 saturated heterocycles. The summed E-state index contributed by atoms with van der Waals surface area (Å²) >= 11 is 11.9. The van der Waals surface area contributed by atoms with E-state index in [2.05, 4.69) is 5.16 Å². The van der Waals surface area contributed by atoms with E-state index in [9.17, 15) is 4.79 Å². The Morgan fingerprint density at radius 3 is 2.78 bits per heavy atom. The number of aryl methyl sites for hydroxylation is 1. The van der Waals surface area contributed by atoms with E-state index in [-0.39, 0.29) is 0 Å². The SMILES string of the molecule is Cn1cc(C=NOCC(=O)O)c2cc(OCc3ccc(Cl)c(Cl)c3)ccc21. The Morgan fingerprint density at radius 2 is 2.04 bits per heavy atom. The number of hydrogen-bond acceptors (Lipinski definition) is 4. The summed E-state index contributed by atoms with van der Waals surface area (Å²) in [6.07, 6.45) is 3.36. The van der Waals surface area contributed by atoms with Gasteiger partial charge in [-0.3, -0.25) is 0 Å². The van der Waals surface area contributed by atoms with E-state index in [0.29, 0.717) is 22.4 Å². The molecule has 6 nitrogen and oxygen atoms in total. The Bertz CT molecular complexity index is 1010. The molecule has 0 spiro atoms. The number of nitrogens with zero attached hydrogens (tertiary/aromatic N) is 2. The Labute approximate surface area is 165 Å². The third kappa shape index (κ3) is 4.72. The summed E-state index contributed by atoms with van der Waals surface area (Å²) in [6.45, 7) is -0.139. The Balaban J connectivity index is 1.77. The number of carbonyl (C=O) groups is 1. The van der Waals surface area contributed by atoms with Crippen LogP contribution in [0.3, 0.4) is 0 Å². The maximum atomic E-state index is 10.5. The van der Waals surface area contributed by atoms with Crippen molar-refractivity contribution >= 4 is 46.3 Å². The molecule has 1 N–H and O–H groups in total. The van der Waals surface area contributed by atoms with Gasteiger partial charge in [-0.25, -0.2) is 4.79 Å². The highest BCUT2D eigenvalue weighted by Gasteiger charge is 2.08. The van der Waals surface area contributed by atoms with E-state index in [1.807, 2.05) is 42.1 Å². The number of carboxylic acids is 1. The van der Waals surface area contributed by atoms with Gasteiger partial charge in [0, 0.05) is 29.7 Å². The number of ether oxygens (including phenoxy) is 1. The molecule has 27 heavy (non-hydrogen) atoms. The maximum absolute atomic E-state index is 10.5. The molecule has 3 rings (SSSR count). The summed E-state index contributed by atoms with van der Waals surface area (Å²) in [5.74, 6) is -0.399. The molecule has 0 unspecified atom stereocenters. The van der Waals surface area contributed by atoms with Crippen molar-refractivity contribution in [2.45, 2.75) is 6.61 Å². The molecule has 0 radical (unpaired) electrons. The van der Waals surface area contributed by atoms with Crippen molar-refractivity contribution in [1.29, 1.82) is 0 Å². The van der Waals surface area contributed by atoms with Crippen molar-refractivity contribution in [2.75, 3.05) is 6.61 Å². The number of benzene rings is 2. The number of oxime groups is 1. The molecule has 0 bridgehead atoms. The lowest BCUT2D eigenvalue weighted by Gasteiger charge is -2.08. The van der Waals surface area contributed by atoms with E-state index in [0.717, 1.165) is 22.0 Å². The first-order valence-corrected chi connectivity index (χ1v) is 8.72. The Morgan fingerprint density at radius 1 is 1.22 bits per heavy atom. The molecule has 0 aliphatic carbocycles. The van der Waals surface area contributed by atoms with Crippen molar-refractivity contribution < 1.29 is 19.5 Å². The quantitative estimate of drug-likeness (QED) is 0.463. The zero-order valence-corrected chi connectivity index (χ0v) is 15.9. The standard InChI is InChI=1S/C19H16Cl2N2O4/c1-23-9-13(8-22-27-11-19(24)25)15-7-14(3-5-18(15)23)26-10-12-2-4-16(20)17(21)6-12/h2-9H,10-11H2,1H3,(H,24,25). The number of aromatic nitrogens is 1. The van der Waals surface area contributed by atoms with Crippen molar-refractivity contribution in [3.63, 3.8) is 0 Å². The van der Waals surface area contributed by atoms with Crippen LogP contribution in [0.1, 0.15) is 11.1 Å². The summed E-state index contributed by atoms with van der Waals surface area (Å²) in [7, 11) is 1.91. The lowest BCUT2D eigenvalue weighted by atomic mass is 10.2. The number of fused-ring (bicyclic) bond motifs is 1. The van der Waals surface area contributed by atoms with Gasteiger partial charge in [-0.05, 0) is 35.9 Å². The van der Waals surface area contributed by atoms with Crippen molar-refractivity contribution in [2.24, 2.45) is 12.2 Å². The number of carboxylic acid groups (broad SMARTS) is 1. The van der Waals surface area contributed by atoms with Crippen LogP contribution in [-0.2, 0) is 23.3 Å². The summed E-state index contributed by atoms with van der Waals surface area (Å²) in [6, 6.07) is 11.1. The topological polar surface area (TPSA) is 73.1 Å². The molecule has 3 aromatic rings. The van der Waals surface area contributed by atoms with Crippen LogP contribution in [0, 0.1) is 0 Å². The lowest BCUT2D eigenvalue weighted by Crippen LogP contribution is -2.03. The zero-order chi connectivity index (χ0) is 19.4. The first-order chi connectivity index (χ1) is 12.9. The molecule has 0 atom stereocenters. The van der Waals surface area contributed by atoms with Gasteiger partial charge < -0.3 is 19.2 Å². The maximum Gasteiger partial charge on any atom is 0.344 e. The molecule has 0 fully saturated rings. The summed E-state index contributed by atoms with van der Waals surface area (Å²) in [5, 5.41) is 14.2. The van der Waals surface area contributed by atoms with Crippen LogP contribution in [0.25, 0.3) is 10.9 Å². The molecular weight excluding hydrogens is 391 g/mol. The first kappa shape index (κ1) is 19.1. The minimum atomic E-state index is -1.08. The minimum absolute atomic E-state index is 0.348.